The maximum atomic E-state index is 11.0. The quantitative estimate of drug-likeness (QED) is 0.574. The molecular formula is C11H22O3S. The van der Waals surface area contributed by atoms with E-state index in [2.05, 4.69) is 0 Å². The van der Waals surface area contributed by atoms with Gasteiger partial charge in [-0.05, 0) is 32.9 Å². The lowest BCUT2D eigenvalue weighted by Gasteiger charge is -2.12. The van der Waals surface area contributed by atoms with Crippen molar-refractivity contribution in [3.63, 3.8) is 0 Å². The molecule has 0 fully saturated rings. The average Bonchev–Trinajstić information content (AvgIpc) is 2.24. The van der Waals surface area contributed by atoms with E-state index < -0.39 is 0 Å². The van der Waals surface area contributed by atoms with Crippen molar-refractivity contribution in [1.82, 2.24) is 0 Å². The summed E-state index contributed by atoms with van der Waals surface area (Å²) in [5, 5.41) is 0.261. The van der Waals surface area contributed by atoms with E-state index >= 15 is 0 Å². The molecule has 0 heterocycles. The molecule has 1 unspecified atom stereocenters. The molecule has 0 radical (unpaired) electrons. The molecule has 3 nitrogen and oxygen atoms in total. The molecule has 0 amide bonds. The second-order valence-electron chi connectivity index (χ2n) is 3.35. The molecule has 0 rings (SSSR count). The van der Waals surface area contributed by atoms with Crippen molar-refractivity contribution < 1.29 is 14.3 Å². The molecule has 1 atom stereocenters. The van der Waals surface area contributed by atoms with E-state index in [0.717, 1.165) is 19.4 Å². The van der Waals surface area contributed by atoms with Crippen molar-refractivity contribution in [3.8, 4) is 0 Å². The molecule has 0 bridgehead atoms. The zero-order valence-electron chi connectivity index (χ0n) is 9.95. The SMILES string of the molecule is CCOCCOC(C)CCCC(=O)SC. The summed E-state index contributed by atoms with van der Waals surface area (Å²) in [6.07, 6.45) is 4.55. The van der Waals surface area contributed by atoms with E-state index in [1.54, 1.807) is 0 Å². The van der Waals surface area contributed by atoms with Crippen LogP contribution in [0.2, 0.25) is 0 Å². The fourth-order valence-electron chi connectivity index (χ4n) is 1.17. The van der Waals surface area contributed by atoms with E-state index in [0.29, 0.717) is 19.6 Å². The molecule has 0 aliphatic heterocycles. The van der Waals surface area contributed by atoms with Gasteiger partial charge in [-0.25, -0.2) is 0 Å². The van der Waals surface area contributed by atoms with Gasteiger partial charge in [-0.15, -0.1) is 0 Å². The van der Waals surface area contributed by atoms with Crippen LogP contribution in [-0.4, -0.2) is 37.3 Å². The van der Waals surface area contributed by atoms with Crippen molar-refractivity contribution in [2.24, 2.45) is 0 Å². The van der Waals surface area contributed by atoms with Crippen LogP contribution in [0.5, 0.6) is 0 Å². The highest BCUT2D eigenvalue weighted by molar-refractivity contribution is 8.13. The molecule has 0 aliphatic carbocycles. The zero-order chi connectivity index (χ0) is 11.5. The van der Waals surface area contributed by atoms with Crippen LogP contribution in [0.3, 0.4) is 0 Å². The van der Waals surface area contributed by atoms with E-state index in [-0.39, 0.29) is 11.2 Å². The molecule has 4 heteroatoms. The minimum atomic E-state index is 0.222. The number of rotatable bonds is 9. The van der Waals surface area contributed by atoms with Gasteiger partial charge in [0.05, 0.1) is 19.3 Å². The van der Waals surface area contributed by atoms with Gasteiger partial charge < -0.3 is 9.47 Å². The average molecular weight is 234 g/mol. The number of hydrogen-bond acceptors (Lipinski definition) is 4. The fourth-order valence-corrected chi connectivity index (χ4v) is 1.52. The molecule has 0 spiro atoms. The fraction of sp³-hybridized carbons (Fsp3) is 0.909. The van der Waals surface area contributed by atoms with Crippen LogP contribution in [0.1, 0.15) is 33.1 Å². The first-order chi connectivity index (χ1) is 7.20. The smallest absolute Gasteiger partial charge is 0.188 e. The van der Waals surface area contributed by atoms with Gasteiger partial charge in [0.1, 0.15) is 0 Å². The summed E-state index contributed by atoms with van der Waals surface area (Å²) in [7, 11) is 0. The van der Waals surface area contributed by atoms with Crippen molar-refractivity contribution in [2.75, 3.05) is 26.1 Å². The molecule has 0 saturated heterocycles. The van der Waals surface area contributed by atoms with Crippen molar-refractivity contribution in [3.05, 3.63) is 0 Å². The molecule has 0 saturated carbocycles. The van der Waals surface area contributed by atoms with Gasteiger partial charge in [-0.1, -0.05) is 11.8 Å². The summed E-state index contributed by atoms with van der Waals surface area (Å²) in [5.41, 5.74) is 0. The molecule has 0 aromatic carbocycles. The number of carbonyl (C=O) groups is 1. The van der Waals surface area contributed by atoms with Gasteiger partial charge in [0.25, 0.3) is 0 Å². The Hall–Kier alpha value is -0.0600. The van der Waals surface area contributed by atoms with Crippen molar-refractivity contribution >= 4 is 16.9 Å². The second kappa shape index (κ2) is 10.5. The van der Waals surface area contributed by atoms with Crippen LogP contribution in [0.25, 0.3) is 0 Å². The summed E-state index contributed by atoms with van der Waals surface area (Å²) >= 11 is 1.30. The normalized spacial score (nSPS) is 12.7. The number of hydrogen-bond donors (Lipinski definition) is 0. The summed E-state index contributed by atoms with van der Waals surface area (Å²) < 4.78 is 10.7. The molecular weight excluding hydrogens is 212 g/mol. The highest BCUT2D eigenvalue weighted by Gasteiger charge is 2.04. The Kier molecular flexibility index (Phi) is 10.4. The van der Waals surface area contributed by atoms with Crippen LogP contribution < -0.4 is 0 Å². The lowest BCUT2D eigenvalue weighted by Crippen LogP contribution is -2.13. The summed E-state index contributed by atoms with van der Waals surface area (Å²) in [5.74, 6) is 0. The molecule has 0 aromatic rings. The predicted octanol–water partition coefficient (Wildman–Crippen LogP) is 2.49. The minimum absolute atomic E-state index is 0.222. The van der Waals surface area contributed by atoms with E-state index in [9.17, 15) is 4.79 Å². The van der Waals surface area contributed by atoms with E-state index in [1.807, 2.05) is 20.1 Å². The number of ether oxygens (including phenoxy) is 2. The summed E-state index contributed by atoms with van der Waals surface area (Å²) in [6, 6.07) is 0. The Morgan fingerprint density at radius 1 is 1.40 bits per heavy atom. The van der Waals surface area contributed by atoms with Crippen LogP contribution in [0, 0.1) is 0 Å². The Bertz CT molecular complexity index is 162. The first-order valence-corrected chi connectivity index (χ1v) is 6.69. The maximum Gasteiger partial charge on any atom is 0.188 e. The monoisotopic (exact) mass is 234 g/mol. The molecule has 0 aromatic heterocycles. The topological polar surface area (TPSA) is 35.5 Å². The van der Waals surface area contributed by atoms with E-state index in [4.69, 9.17) is 9.47 Å². The lowest BCUT2D eigenvalue weighted by atomic mass is 10.2. The third-order valence-electron chi connectivity index (χ3n) is 2.05. The molecule has 0 aliphatic rings. The molecule has 15 heavy (non-hydrogen) atoms. The van der Waals surface area contributed by atoms with Crippen molar-refractivity contribution in [1.29, 1.82) is 0 Å². The lowest BCUT2D eigenvalue weighted by molar-refractivity contribution is -0.111. The number of thioether (sulfide) groups is 1. The standard InChI is InChI=1S/C11H22O3S/c1-4-13-8-9-14-10(2)6-5-7-11(12)15-3/h10H,4-9H2,1-3H3. The Balaban J connectivity index is 3.25. The second-order valence-corrected chi connectivity index (χ2v) is 4.21. The third-order valence-corrected chi connectivity index (χ3v) is 2.71. The Morgan fingerprint density at radius 3 is 2.73 bits per heavy atom. The van der Waals surface area contributed by atoms with Gasteiger partial charge in [-0.2, -0.15) is 0 Å². The first-order valence-electron chi connectivity index (χ1n) is 5.46. The third kappa shape index (κ3) is 10.2. The highest BCUT2D eigenvalue weighted by Crippen LogP contribution is 2.08. The highest BCUT2D eigenvalue weighted by atomic mass is 32.2. The Morgan fingerprint density at radius 2 is 2.13 bits per heavy atom. The van der Waals surface area contributed by atoms with Gasteiger partial charge in [-0.3, -0.25) is 4.79 Å². The molecule has 0 N–H and O–H groups in total. The van der Waals surface area contributed by atoms with Crippen LogP contribution in [0.4, 0.5) is 0 Å². The predicted molar refractivity (Wildman–Crippen MR) is 64.3 cm³/mol. The Labute approximate surface area is 96.9 Å². The first kappa shape index (κ1) is 14.9. The van der Waals surface area contributed by atoms with Crippen molar-refractivity contribution in [2.45, 2.75) is 39.2 Å². The largest absolute Gasteiger partial charge is 0.379 e. The van der Waals surface area contributed by atoms with Gasteiger partial charge >= 0.3 is 0 Å². The minimum Gasteiger partial charge on any atom is -0.379 e. The van der Waals surface area contributed by atoms with Gasteiger partial charge in [0.2, 0.25) is 0 Å². The van der Waals surface area contributed by atoms with Crippen LogP contribution in [-0.2, 0) is 14.3 Å². The van der Waals surface area contributed by atoms with Crippen LogP contribution in [0.15, 0.2) is 0 Å². The van der Waals surface area contributed by atoms with Crippen LogP contribution >= 0.6 is 11.8 Å². The van der Waals surface area contributed by atoms with Gasteiger partial charge in [0.15, 0.2) is 5.12 Å². The van der Waals surface area contributed by atoms with E-state index in [1.165, 1.54) is 11.8 Å². The number of carbonyl (C=O) groups excluding carboxylic acids is 1. The maximum absolute atomic E-state index is 11.0. The molecule has 90 valence electrons. The zero-order valence-corrected chi connectivity index (χ0v) is 10.8. The summed E-state index contributed by atoms with van der Waals surface area (Å²) in [4.78, 5) is 11.0. The van der Waals surface area contributed by atoms with Gasteiger partial charge in [0, 0.05) is 13.0 Å². The summed E-state index contributed by atoms with van der Waals surface area (Å²) in [6.45, 7) is 6.04.